The van der Waals surface area contributed by atoms with E-state index in [2.05, 4.69) is 41.0 Å². The summed E-state index contributed by atoms with van der Waals surface area (Å²) in [6.07, 6.45) is 1.35. The van der Waals surface area contributed by atoms with Crippen LogP contribution in [0.4, 0.5) is 0 Å². The molecule has 0 fully saturated rings. The maximum absolute atomic E-state index is 2.46. The normalized spacial score (nSPS) is 15.5. The van der Waals surface area contributed by atoms with E-state index in [-0.39, 0.29) is 0 Å². The first-order valence-electron chi connectivity index (χ1n) is 4.78. The molecule has 0 rings (SSSR count). The Morgan fingerprint density at radius 2 is 1.64 bits per heavy atom. The van der Waals surface area contributed by atoms with Gasteiger partial charge in [0.1, 0.15) is 8.80 Å². The van der Waals surface area contributed by atoms with E-state index in [9.17, 15) is 0 Å². The lowest BCUT2D eigenvalue weighted by Crippen LogP contribution is -2.54. The summed E-state index contributed by atoms with van der Waals surface area (Å²) in [6.45, 7) is 10.8. The third kappa shape index (κ3) is 2.95. The summed E-state index contributed by atoms with van der Waals surface area (Å²) < 4.78 is 1.22. The van der Waals surface area contributed by atoms with Crippen molar-refractivity contribution in [3.63, 3.8) is 0 Å². The molecule has 0 bridgehead atoms. The van der Waals surface area contributed by atoms with Crippen LogP contribution in [0.15, 0.2) is 0 Å². The quantitative estimate of drug-likeness (QED) is 0.451. The second-order valence-electron chi connectivity index (χ2n) is 4.31. The lowest BCUT2D eigenvalue weighted by Gasteiger charge is -2.39. The number of quaternary nitrogens is 1. The van der Waals surface area contributed by atoms with Crippen LogP contribution in [0.1, 0.15) is 20.3 Å². The van der Waals surface area contributed by atoms with Gasteiger partial charge in [-0.15, -0.1) is 0 Å². The molecule has 0 spiro atoms. The van der Waals surface area contributed by atoms with Crippen LogP contribution in [0.25, 0.3) is 0 Å². The molecule has 11 heavy (non-hydrogen) atoms. The van der Waals surface area contributed by atoms with Gasteiger partial charge in [0.15, 0.2) is 0 Å². The van der Waals surface area contributed by atoms with E-state index in [4.69, 9.17) is 0 Å². The van der Waals surface area contributed by atoms with Crippen LogP contribution < -0.4 is 0 Å². The lowest BCUT2D eigenvalue weighted by atomic mass is 10.3. The van der Waals surface area contributed by atoms with Crippen molar-refractivity contribution < 1.29 is 4.48 Å². The Bertz CT molecular complexity index is 110. The first kappa shape index (κ1) is 11.2. The zero-order valence-corrected chi connectivity index (χ0v) is 10.2. The molecular weight excluding hydrogens is 150 g/mol. The molecule has 0 aliphatic carbocycles. The van der Waals surface area contributed by atoms with Crippen LogP contribution in [-0.4, -0.2) is 39.6 Å². The fraction of sp³-hybridized carbons (Fsp3) is 1.00. The number of hydrogen-bond donors (Lipinski definition) is 0. The molecule has 1 atom stereocenters. The second-order valence-corrected chi connectivity index (χ2v) is 7.57. The van der Waals surface area contributed by atoms with Crippen molar-refractivity contribution in [3.05, 3.63) is 0 Å². The average molecular weight is 174 g/mol. The Hall–Kier alpha value is 0.177. The molecule has 0 aromatic carbocycles. The molecule has 0 aromatic rings. The van der Waals surface area contributed by atoms with Crippen molar-refractivity contribution in [1.82, 2.24) is 0 Å². The van der Waals surface area contributed by atoms with Gasteiger partial charge in [-0.3, -0.25) is 0 Å². The van der Waals surface area contributed by atoms with E-state index in [0.717, 1.165) is 5.67 Å². The van der Waals surface area contributed by atoms with Gasteiger partial charge in [0, 0.05) is 0 Å². The summed E-state index contributed by atoms with van der Waals surface area (Å²) in [5.74, 6) is 0. The van der Waals surface area contributed by atoms with E-state index in [1.807, 2.05) is 0 Å². The van der Waals surface area contributed by atoms with Crippen LogP contribution in [-0.2, 0) is 0 Å². The van der Waals surface area contributed by atoms with Crippen molar-refractivity contribution in [2.75, 3.05) is 20.6 Å². The summed E-state index contributed by atoms with van der Waals surface area (Å²) in [4.78, 5) is 0. The molecule has 0 aliphatic heterocycles. The molecule has 0 saturated carbocycles. The van der Waals surface area contributed by atoms with E-state index in [1.54, 1.807) is 0 Å². The van der Waals surface area contributed by atoms with Crippen molar-refractivity contribution in [2.45, 2.75) is 39.0 Å². The third-order valence-corrected chi connectivity index (χ3v) is 5.72. The second kappa shape index (κ2) is 4.26. The molecule has 0 radical (unpaired) electrons. The third-order valence-electron chi connectivity index (χ3n) is 2.90. The highest BCUT2D eigenvalue weighted by molar-refractivity contribution is 6.57. The van der Waals surface area contributed by atoms with E-state index in [0.29, 0.717) is 0 Å². The summed E-state index contributed by atoms with van der Waals surface area (Å²) >= 11 is 0. The Morgan fingerprint density at radius 1 is 1.18 bits per heavy atom. The molecule has 0 aromatic heterocycles. The van der Waals surface area contributed by atoms with Crippen LogP contribution in [0, 0.1) is 0 Å². The zero-order valence-electron chi connectivity index (χ0n) is 9.02. The molecule has 1 nitrogen and oxygen atoms in total. The smallest absolute Gasteiger partial charge is 0.102 e. The van der Waals surface area contributed by atoms with Crippen molar-refractivity contribution in [2.24, 2.45) is 0 Å². The number of hydrogen-bond acceptors (Lipinski definition) is 0. The fourth-order valence-corrected chi connectivity index (χ4v) is 4.78. The van der Waals surface area contributed by atoms with Gasteiger partial charge in [0.2, 0.25) is 0 Å². The topological polar surface area (TPSA) is 0 Å². The molecule has 0 amide bonds. The minimum Gasteiger partial charge on any atom is -0.330 e. The zero-order chi connectivity index (χ0) is 9.07. The standard InChI is InChI=1S/C9H24NSi/c1-7-9(11(5)6)10(3,4)8-2/h9,11H,7-8H2,1-6H3/q+1. The molecule has 1 unspecified atom stereocenters. The van der Waals surface area contributed by atoms with Crippen LogP contribution in [0.5, 0.6) is 0 Å². The highest BCUT2D eigenvalue weighted by Crippen LogP contribution is 2.13. The Labute approximate surface area is 73.6 Å². The molecule has 2 heteroatoms. The highest BCUT2D eigenvalue weighted by Gasteiger charge is 2.27. The molecule has 68 valence electrons. The molecule has 0 heterocycles. The van der Waals surface area contributed by atoms with Crippen LogP contribution in [0.3, 0.4) is 0 Å². The van der Waals surface area contributed by atoms with Crippen LogP contribution >= 0.6 is 0 Å². The van der Waals surface area contributed by atoms with E-state index >= 15 is 0 Å². The van der Waals surface area contributed by atoms with Gasteiger partial charge in [0.25, 0.3) is 0 Å². The SMILES string of the molecule is CCC([SiH](C)C)[N+](C)(C)CC. The molecule has 0 saturated heterocycles. The maximum Gasteiger partial charge on any atom is 0.102 e. The van der Waals surface area contributed by atoms with Gasteiger partial charge in [0.05, 0.1) is 26.3 Å². The van der Waals surface area contributed by atoms with Gasteiger partial charge < -0.3 is 4.48 Å². The van der Waals surface area contributed by atoms with Gasteiger partial charge >= 0.3 is 0 Å². The van der Waals surface area contributed by atoms with Crippen molar-refractivity contribution in [1.29, 1.82) is 0 Å². The largest absolute Gasteiger partial charge is 0.330 e. The predicted molar refractivity (Wildman–Crippen MR) is 55.6 cm³/mol. The average Bonchev–Trinajstić information content (AvgIpc) is 1.88. The van der Waals surface area contributed by atoms with Gasteiger partial charge in [-0.25, -0.2) is 0 Å². The minimum absolute atomic E-state index is 0.456. The van der Waals surface area contributed by atoms with Gasteiger partial charge in [-0.05, 0) is 13.3 Å². The van der Waals surface area contributed by atoms with Gasteiger partial charge in [-0.1, -0.05) is 20.0 Å². The lowest BCUT2D eigenvalue weighted by molar-refractivity contribution is -0.901. The number of nitrogens with zero attached hydrogens (tertiary/aromatic N) is 1. The highest BCUT2D eigenvalue weighted by atomic mass is 28.3. The number of rotatable bonds is 4. The monoisotopic (exact) mass is 174 g/mol. The first-order chi connectivity index (χ1) is 4.95. The van der Waals surface area contributed by atoms with Crippen LogP contribution in [0.2, 0.25) is 13.1 Å². The van der Waals surface area contributed by atoms with Gasteiger partial charge in [-0.2, -0.15) is 0 Å². The Kier molecular flexibility index (Phi) is 4.33. The fourth-order valence-electron chi connectivity index (χ4n) is 2.01. The summed E-state index contributed by atoms with van der Waals surface area (Å²) in [7, 11) is 4.27. The predicted octanol–water partition coefficient (Wildman–Crippen LogP) is 1.89. The Morgan fingerprint density at radius 3 is 1.73 bits per heavy atom. The maximum atomic E-state index is 2.46. The Balaban J connectivity index is 4.23. The molecular formula is C9H24NSi+. The molecule has 0 N–H and O–H groups in total. The molecule has 0 aliphatic rings. The van der Waals surface area contributed by atoms with E-state index in [1.165, 1.54) is 17.4 Å². The summed E-state index contributed by atoms with van der Waals surface area (Å²) in [5, 5.41) is 0. The summed E-state index contributed by atoms with van der Waals surface area (Å²) in [6, 6.07) is 0. The van der Waals surface area contributed by atoms with Crippen molar-refractivity contribution >= 4 is 8.80 Å². The minimum atomic E-state index is -0.456. The first-order valence-corrected chi connectivity index (χ1v) is 7.76. The van der Waals surface area contributed by atoms with Crippen molar-refractivity contribution in [3.8, 4) is 0 Å². The summed E-state index contributed by atoms with van der Waals surface area (Å²) in [5.41, 5.74) is 0.958. The van der Waals surface area contributed by atoms with E-state index < -0.39 is 8.80 Å².